The number of hydrogen-bond donors (Lipinski definition) is 3. The largest absolute Gasteiger partial charge is 0.405 e. The van der Waals surface area contributed by atoms with Crippen molar-refractivity contribution in [3.05, 3.63) is 192 Å². The first kappa shape index (κ1) is 33.4. The summed E-state index contributed by atoms with van der Waals surface area (Å²) in [4.78, 5) is 3.09. The molecule has 3 aromatic carbocycles. The van der Waals surface area contributed by atoms with Gasteiger partial charge in [0.15, 0.2) is 0 Å². The van der Waals surface area contributed by atoms with Crippen LogP contribution < -0.4 is 11.5 Å². The van der Waals surface area contributed by atoms with E-state index >= 15 is 0 Å². The lowest BCUT2D eigenvalue weighted by Crippen LogP contribution is -2.02. The predicted molar refractivity (Wildman–Crippen MR) is 208 cm³/mol. The third-order valence-corrected chi connectivity index (χ3v) is 8.70. The van der Waals surface area contributed by atoms with E-state index in [0.717, 1.165) is 62.5 Å². The molecule has 0 radical (unpaired) electrons. The summed E-state index contributed by atoms with van der Waals surface area (Å²) in [5, 5.41) is 0. The van der Waals surface area contributed by atoms with Crippen LogP contribution in [0.25, 0.3) is 45.9 Å². The predicted octanol–water partition coefficient (Wildman–Crippen LogP) is 10.4. The molecule has 5 N–H and O–H groups in total. The van der Waals surface area contributed by atoms with Crippen molar-refractivity contribution in [2.75, 3.05) is 0 Å². The number of rotatable bonds is 12. The second-order valence-electron chi connectivity index (χ2n) is 11.6. The van der Waals surface area contributed by atoms with Gasteiger partial charge in [-0.25, -0.2) is 0 Å². The summed E-state index contributed by atoms with van der Waals surface area (Å²) in [7, 11) is 0. The molecule has 5 rings (SSSR count). The van der Waals surface area contributed by atoms with Gasteiger partial charge in [-0.3, -0.25) is 0 Å². The van der Waals surface area contributed by atoms with Gasteiger partial charge < -0.3 is 21.0 Å². The third-order valence-electron chi connectivity index (χ3n) is 8.70. The summed E-state index contributed by atoms with van der Waals surface area (Å²) >= 11 is 0. The van der Waals surface area contributed by atoms with Crippen LogP contribution in [0.1, 0.15) is 51.6 Å². The van der Waals surface area contributed by atoms with E-state index in [9.17, 15) is 0 Å². The molecule has 2 heterocycles. The van der Waals surface area contributed by atoms with E-state index in [1.807, 2.05) is 55.8 Å². The second-order valence-corrected chi connectivity index (χ2v) is 11.6. The van der Waals surface area contributed by atoms with E-state index in [1.165, 1.54) is 16.7 Å². The fraction of sp³-hybridized carbons (Fsp3) is 0.0909. The van der Waals surface area contributed by atoms with Crippen LogP contribution in [0.15, 0.2) is 147 Å². The molecule has 0 atom stereocenters. The van der Waals surface area contributed by atoms with Crippen LogP contribution in [-0.2, 0) is 6.42 Å². The molecule has 4 heteroatoms. The van der Waals surface area contributed by atoms with Gasteiger partial charge in [0.1, 0.15) is 0 Å². The first-order chi connectivity index (χ1) is 23.4. The number of allylic oxidation sites excluding steroid dienone is 8. The number of aromatic nitrogens is 2. The van der Waals surface area contributed by atoms with Crippen LogP contribution in [0.4, 0.5) is 0 Å². The number of H-pyrrole nitrogens is 1. The molecule has 48 heavy (non-hydrogen) atoms. The molecule has 0 bridgehead atoms. The quantitative estimate of drug-likeness (QED) is 0.120. The SMILES string of the molecule is C=C/C(=C\c1c(C)c(C)c(-c2ccc(/C(N)=C/C=C\Cc3cc[nH]c3)cc2C=C)n1-c1ccccc1)c1cccc(C(/C=C\N)=C/C)c1. The van der Waals surface area contributed by atoms with Crippen LogP contribution in [0.3, 0.4) is 0 Å². The number of benzene rings is 3. The smallest absolute Gasteiger partial charge is 0.0572 e. The highest BCUT2D eigenvalue weighted by molar-refractivity contribution is 5.91. The Balaban J connectivity index is 1.62. The molecule has 0 aliphatic rings. The van der Waals surface area contributed by atoms with Gasteiger partial charge in [-0.2, -0.15) is 0 Å². The lowest BCUT2D eigenvalue weighted by molar-refractivity contribution is 1.06. The maximum Gasteiger partial charge on any atom is 0.0572 e. The number of para-hydroxylation sites is 1. The van der Waals surface area contributed by atoms with Crippen LogP contribution in [0.2, 0.25) is 0 Å². The summed E-state index contributed by atoms with van der Waals surface area (Å²) < 4.78 is 2.34. The summed E-state index contributed by atoms with van der Waals surface area (Å²) in [5.41, 5.74) is 27.2. The van der Waals surface area contributed by atoms with Crippen molar-refractivity contribution in [2.45, 2.75) is 27.2 Å². The average Bonchev–Trinajstić information content (AvgIpc) is 3.73. The van der Waals surface area contributed by atoms with Gasteiger partial charge in [0, 0.05) is 29.3 Å². The fourth-order valence-electron chi connectivity index (χ4n) is 6.00. The summed E-state index contributed by atoms with van der Waals surface area (Å²) in [6.07, 6.45) is 22.5. The number of aromatic amines is 1. The highest BCUT2D eigenvalue weighted by Gasteiger charge is 2.21. The van der Waals surface area contributed by atoms with Crippen LogP contribution >= 0.6 is 0 Å². The second kappa shape index (κ2) is 15.5. The van der Waals surface area contributed by atoms with Gasteiger partial charge in [0.05, 0.1) is 11.4 Å². The van der Waals surface area contributed by atoms with Crippen LogP contribution in [0.5, 0.6) is 0 Å². The van der Waals surface area contributed by atoms with Crippen molar-refractivity contribution in [3.8, 4) is 16.9 Å². The van der Waals surface area contributed by atoms with Crippen molar-refractivity contribution in [3.63, 3.8) is 0 Å². The average molecular weight is 629 g/mol. The van der Waals surface area contributed by atoms with Crippen molar-refractivity contribution in [2.24, 2.45) is 11.5 Å². The van der Waals surface area contributed by atoms with Crippen LogP contribution in [0, 0.1) is 13.8 Å². The zero-order chi connectivity index (χ0) is 34.0. The highest BCUT2D eigenvalue weighted by atomic mass is 15.0. The first-order valence-electron chi connectivity index (χ1n) is 16.2. The zero-order valence-electron chi connectivity index (χ0n) is 28.1. The minimum atomic E-state index is 0.700. The Kier molecular flexibility index (Phi) is 10.8. The van der Waals surface area contributed by atoms with Crippen molar-refractivity contribution < 1.29 is 0 Å². The van der Waals surface area contributed by atoms with Crippen LogP contribution in [-0.4, -0.2) is 9.55 Å². The molecule has 0 spiro atoms. The Hall–Kier alpha value is -6.00. The van der Waals surface area contributed by atoms with Gasteiger partial charge in [0.25, 0.3) is 0 Å². The molecule has 0 aliphatic carbocycles. The first-order valence-corrected chi connectivity index (χ1v) is 16.2. The van der Waals surface area contributed by atoms with Gasteiger partial charge in [-0.05, 0) is 132 Å². The van der Waals surface area contributed by atoms with Crippen molar-refractivity contribution in [1.82, 2.24) is 9.55 Å². The Bertz CT molecular complexity index is 2060. The molecule has 0 fully saturated rings. The molecule has 2 aromatic heterocycles. The molecule has 0 saturated carbocycles. The zero-order valence-corrected chi connectivity index (χ0v) is 28.1. The number of hydrogen-bond acceptors (Lipinski definition) is 2. The Morgan fingerprint density at radius 2 is 1.65 bits per heavy atom. The molecular weight excluding hydrogens is 585 g/mol. The number of nitrogens with two attached hydrogens (primary N) is 2. The lowest BCUT2D eigenvalue weighted by atomic mass is 9.96. The maximum absolute atomic E-state index is 6.56. The lowest BCUT2D eigenvalue weighted by Gasteiger charge is -2.17. The van der Waals surface area contributed by atoms with E-state index in [4.69, 9.17) is 11.5 Å². The van der Waals surface area contributed by atoms with Crippen molar-refractivity contribution >= 4 is 29.0 Å². The molecule has 4 nitrogen and oxygen atoms in total. The maximum atomic E-state index is 6.56. The fourth-order valence-corrected chi connectivity index (χ4v) is 6.00. The van der Waals surface area contributed by atoms with E-state index in [1.54, 1.807) is 6.20 Å². The summed E-state index contributed by atoms with van der Waals surface area (Å²) in [6, 6.07) is 27.4. The van der Waals surface area contributed by atoms with Gasteiger partial charge in [0.2, 0.25) is 0 Å². The Morgan fingerprint density at radius 3 is 2.31 bits per heavy atom. The molecule has 0 amide bonds. The summed E-state index contributed by atoms with van der Waals surface area (Å²) in [5.74, 6) is 0. The van der Waals surface area contributed by atoms with E-state index in [2.05, 4.69) is 128 Å². The molecule has 240 valence electrons. The van der Waals surface area contributed by atoms with E-state index in [-0.39, 0.29) is 0 Å². The monoisotopic (exact) mass is 628 g/mol. The van der Waals surface area contributed by atoms with Gasteiger partial charge in [-0.1, -0.05) is 92.1 Å². The molecular formula is C44H44N4. The highest BCUT2D eigenvalue weighted by Crippen LogP contribution is 2.38. The molecule has 0 aliphatic heterocycles. The van der Waals surface area contributed by atoms with E-state index in [0.29, 0.717) is 5.70 Å². The topological polar surface area (TPSA) is 72.8 Å². The number of nitrogens with zero attached hydrogens (tertiary/aromatic N) is 1. The molecule has 5 aromatic rings. The summed E-state index contributed by atoms with van der Waals surface area (Å²) in [6.45, 7) is 14.8. The number of nitrogens with one attached hydrogen (secondary N) is 1. The molecule has 0 saturated heterocycles. The van der Waals surface area contributed by atoms with Gasteiger partial charge in [-0.15, -0.1) is 0 Å². The Labute approximate surface area is 285 Å². The van der Waals surface area contributed by atoms with E-state index < -0.39 is 0 Å². The normalized spacial score (nSPS) is 12.7. The Morgan fingerprint density at radius 1 is 0.875 bits per heavy atom. The standard InChI is InChI=1S/C44H44N4/c1-6-34(23-25-45)37-16-14-17-38(28-37)35(7-2)29-43-31(4)32(5)44(48(43)40-18-10-9-11-19-40)41-22-21-39(27-36(41)8-3)42(46)20-13-12-15-33-24-26-47-30-33/h6-14,16-30,47H,2-3,15,45-46H2,1,4-5H3/b13-12-,25-23-,34-6+,35-29+,42-20-. The van der Waals surface area contributed by atoms with Crippen molar-refractivity contribution in [1.29, 1.82) is 0 Å². The minimum absolute atomic E-state index is 0.700. The van der Waals surface area contributed by atoms with Gasteiger partial charge >= 0.3 is 0 Å². The third kappa shape index (κ3) is 7.19. The molecule has 0 unspecified atom stereocenters. The minimum Gasteiger partial charge on any atom is -0.405 e.